The Hall–Kier alpha value is -2.88. The molecule has 21 heavy (non-hydrogen) atoms. The van der Waals surface area contributed by atoms with Crippen molar-refractivity contribution in [3.63, 3.8) is 0 Å². The first kappa shape index (κ1) is 13.1. The Morgan fingerprint density at radius 3 is 2.33 bits per heavy atom. The Morgan fingerprint density at radius 2 is 1.57 bits per heavy atom. The third kappa shape index (κ3) is 2.43. The number of carbonyl (C=O) groups excluding carboxylic acids is 1. The maximum atomic E-state index is 13.6. The van der Waals surface area contributed by atoms with Crippen LogP contribution in [0, 0.1) is 5.82 Å². The van der Waals surface area contributed by atoms with Crippen LogP contribution in [0.3, 0.4) is 0 Å². The average molecular weight is 280 g/mol. The van der Waals surface area contributed by atoms with Crippen molar-refractivity contribution in [2.75, 3.05) is 11.1 Å². The van der Waals surface area contributed by atoms with Crippen molar-refractivity contribution < 1.29 is 9.18 Å². The molecule has 0 bridgehead atoms. The fourth-order valence-electron chi connectivity index (χ4n) is 2.27. The second-order valence-corrected chi connectivity index (χ2v) is 4.68. The van der Waals surface area contributed by atoms with E-state index in [1.165, 1.54) is 12.1 Å². The normalized spacial score (nSPS) is 10.5. The molecule has 0 fully saturated rings. The highest BCUT2D eigenvalue weighted by Gasteiger charge is 2.12. The van der Waals surface area contributed by atoms with Crippen molar-refractivity contribution in [2.45, 2.75) is 0 Å². The van der Waals surface area contributed by atoms with Crippen LogP contribution >= 0.6 is 0 Å². The third-order valence-corrected chi connectivity index (χ3v) is 3.32. The van der Waals surface area contributed by atoms with Gasteiger partial charge in [0.15, 0.2) is 0 Å². The summed E-state index contributed by atoms with van der Waals surface area (Å²) in [4.78, 5) is 12.2. The molecular formula is C17H13FN2O. The van der Waals surface area contributed by atoms with Crippen molar-refractivity contribution in [3.8, 4) is 0 Å². The molecule has 3 N–H and O–H groups in total. The molecule has 3 aromatic rings. The van der Waals surface area contributed by atoms with Crippen LogP contribution in [0.25, 0.3) is 10.8 Å². The van der Waals surface area contributed by atoms with Gasteiger partial charge < -0.3 is 11.1 Å². The Morgan fingerprint density at radius 1 is 0.905 bits per heavy atom. The molecule has 0 spiro atoms. The maximum Gasteiger partial charge on any atom is 0.258 e. The number of halogens is 1. The number of amides is 1. The van der Waals surface area contributed by atoms with Gasteiger partial charge in [0, 0.05) is 22.1 Å². The summed E-state index contributed by atoms with van der Waals surface area (Å²) in [6.07, 6.45) is 0. The van der Waals surface area contributed by atoms with Crippen LogP contribution in [-0.2, 0) is 0 Å². The number of rotatable bonds is 2. The largest absolute Gasteiger partial charge is 0.398 e. The van der Waals surface area contributed by atoms with Crippen molar-refractivity contribution in [1.82, 2.24) is 0 Å². The average Bonchev–Trinajstić information content (AvgIpc) is 2.51. The predicted molar refractivity (Wildman–Crippen MR) is 82.7 cm³/mol. The first-order valence-corrected chi connectivity index (χ1v) is 6.50. The van der Waals surface area contributed by atoms with Gasteiger partial charge in [-0.2, -0.15) is 0 Å². The first-order valence-electron chi connectivity index (χ1n) is 6.50. The van der Waals surface area contributed by atoms with E-state index in [0.717, 1.165) is 10.8 Å². The SMILES string of the molecule is Nc1ccc(NC(=O)c2ccccc2F)c2ccccc12. The lowest BCUT2D eigenvalue weighted by molar-refractivity contribution is 0.102. The molecule has 0 aliphatic heterocycles. The molecule has 4 heteroatoms. The van der Waals surface area contributed by atoms with E-state index in [1.807, 2.05) is 24.3 Å². The summed E-state index contributed by atoms with van der Waals surface area (Å²) >= 11 is 0. The fraction of sp³-hybridized carbons (Fsp3) is 0. The molecular weight excluding hydrogens is 267 g/mol. The molecule has 0 aromatic heterocycles. The van der Waals surface area contributed by atoms with Gasteiger partial charge in [-0.15, -0.1) is 0 Å². The zero-order chi connectivity index (χ0) is 14.8. The van der Waals surface area contributed by atoms with E-state index in [2.05, 4.69) is 5.32 Å². The van der Waals surface area contributed by atoms with Crippen LogP contribution in [-0.4, -0.2) is 5.91 Å². The molecule has 0 saturated heterocycles. The topological polar surface area (TPSA) is 55.1 Å². The number of nitrogens with one attached hydrogen (secondary N) is 1. The summed E-state index contributed by atoms with van der Waals surface area (Å²) in [5.74, 6) is -1.03. The summed E-state index contributed by atoms with van der Waals surface area (Å²) in [6, 6.07) is 16.8. The van der Waals surface area contributed by atoms with Gasteiger partial charge in [-0.05, 0) is 24.3 Å². The number of hydrogen-bond donors (Lipinski definition) is 2. The van der Waals surface area contributed by atoms with Gasteiger partial charge in [0.25, 0.3) is 5.91 Å². The number of carbonyl (C=O) groups is 1. The number of benzene rings is 3. The Labute approximate surface area is 121 Å². The quantitative estimate of drug-likeness (QED) is 0.701. The van der Waals surface area contributed by atoms with Crippen molar-refractivity contribution in [2.24, 2.45) is 0 Å². The van der Waals surface area contributed by atoms with E-state index in [1.54, 1.807) is 24.3 Å². The Bertz CT molecular complexity index is 830. The predicted octanol–water partition coefficient (Wildman–Crippen LogP) is 3.81. The Balaban J connectivity index is 2.01. The zero-order valence-corrected chi connectivity index (χ0v) is 11.1. The summed E-state index contributed by atoms with van der Waals surface area (Å²) in [5, 5.41) is 4.41. The molecule has 0 unspecified atom stereocenters. The van der Waals surface area contributed by atoms with Crippen LogP contribution in [0.15, 0.2) is 60.7 Å². The molecule has 0 aliphatic carbocycles. The van der Waals surface area contributed by atoms with E-state index in [0.29, 0.717) is 11.4 Å². The van der Waals surface area contributed by atoms with E-state index in [9.17, 15) is 9.18 Å². The highest BCUT2D eigenvalue weighted by Crippen LogP contribution is 2.28. The van der Waals surface area contributed by atoms with Gasteiger partial charge >= 0.3 is 0 Å². The van der Waals surface area contributed by atoms with Crippen molar-refractivity contribution in [3.05, 3.63) is 72.0 Å². The van der Waals surface area contributed by atoms with E-state index >= 15 is 0 Å². The summed E-state index contributed by atoms with van der Waals surface area (Å²) in [5.41, 5.74) is 7.17. The standard InChI is InChI=1S/C17H13FN2O/c18-14-8-4-3-7-13(14)17(21)20-16-10-9-15(19)11-5-1-2-6-12(11)16/h1-10H,19H2,(H,20,21). The number of hydrogen-bond acceptors (Lipinski definition) is 2. The van der Waals surface area contributed by atoms with Crippen LogP contribution in [0.5, 0.6) is 0 Å². The minimum Gasteiger partial charge on any atom is -0.398 e. The summed E-state index contributed by atoms with van der Waals surface area (Å²) in [6.45, 7) is 0. The minimum atomic E-state index is -0.547. The van der Waals surface area contributed by atoms with Crippen LogP contribution in [0.4, 0.5) is 15.8 Å². The zero-order valence-electron chi connectivity index (χ0n) is 11.1. The molecule has 0 saturated carbocycles. The first-order chi connectivity index (χ1) is 10.2. The van der Waals surface area contributed by atoms with Crippen molar-refractivity contribution in [1.29, 1.82) is 0 Å². The molecule has 1 amide bonds. The highest BCUT2D eigenvalue weighted by atomic mass is 19.1. The lowest BCUT2D eigenvalue weighted by Crippen LogP contribution is -2.14. The molecule has 0 aliphatic rings. The monoisotopic (exact) mass is 280 g/mol. The minimum absolute atomic E-state index is 0.0124. The Kier molecular flexibility index (Phi) is 3.28. The van der Waals surface area contributed by atoms with E-state index in [4.69, 9.17) is 5.73 Å². The third-order valence-electron chi connectivity index (χ3n) is 3.32. The molecule has 0 atom stereocenters. The summed E-state index contributed by atoms with van der Waals surface area (Å²) in [7, 11) is 0. The van der Waals surface area contributed by atoms with Gasteiger partial charge in [0.1, 0.15) is 5.82 Å². The number of nitrogen functional groups attached to an aromatic ring is 1. The van der Waals surface area contributed by atoms with Crippen molar-refractivity contribution >= 4 is 28.1 Å². The van der Waals surface area contributed by atoms with Gasteiger partial charge in [-0.1, -0.05) is 36.4 Å². The molecule has 3 aromatic carbocycles. The van der Waals surface area contributed by atoms with Gasteiger partial charge in [0.2, 0.25) is 0 Å². The molecule has 104 valence electrons. The molecule has 3 rings (SSSR count). The second kappa shape index (κ2) is 5.25. The van der Waals surface area contributed by atoms with Gasteiger partial charge in [0.05, 0.1) is 5.56 Å². The van der Waals surface area contributed by atoms with Crippen LogP contribution in [0.2, 0.25) is 0 Å². The van der Waals surface area contributed by atoms with Crippen LogP contribution in [0.1, 0.15) is 10.4 Å². The maximum absolute atomic E-state index is 13.6. The number of nitrogens with two attached hydrogens (primary N) is 1. The molecule has 0 heterocycles. The fourth-order valence-corrected chi connectivity index (χ4v) is 2.27. The second-order valence-electron chi connectivity index (χ2n) is 4.68. The lowest BCUT2D eigenvalue weighted by atomic mass is 10.1. The van der Waals surface area contributed by atoms with E-state index < -0.39 is 11.7 Å². The molecule has 3 nitrogen and oxygen atoms in total. The number of anilines is 2. The van der Waals surface area contributed by atoms with Gasteiger partial charge in [-0.25, -0.2) is 4.39 Å². The van der Waals surface area contributed by atoms with Crippen LogP contribution < -0.4 is 11.1 Å². The molecule has 0 radical (unpaired) electrons. The lowest BCUT2D eigenvalue weighted by Gasteiger charge is -2.10. The number of fused-ring (bicyclic) bond motifs is 1. The van der Waals surface area contributed by atoms with E-state index in [-0.39, 0.29) is 5.56 Å². The highest BCUT2D eigenvalue weighted by molar-refractivity contribution is 6.11. The van der Waals surface area contributed by atoms with Gasteiger partial charge in [-0.3, -0.25) is 4.79 Å². The smallest absolute Gasteiger partial charge is 0.258 e. The summed E-state index contributed by atoms with van der Waals surface area (Å²) < 4.78 is 13.6.